The number of amides is 1. The Morgan fingerprint density at radius 3 is 2.53 bits per heavy atom. The zero-order valence-corrected chi connectivity index (χ0v) is 11.5. The summed E-state index contributed by atoms with van der Waals surface area (Å²) in [6.07, 6.45) is 2.17. The quantitative estimate of drug-likeness (QED) is 0.822. The first-order valence-corrected chi connectivity index (χ1v) is 6.58. The van der Waals surface area contributed by atoms with Crippen molar-refractivity contribution in [1.29, 1.82) is 5.26 Å². The molecular formula is C15H21N3O. The van der Waals surface area contributed by atoms with Gasteiger partial charge in [-0.2, -0.15) is 5.26 Å². The van der Waals surface area contributed by atoms with E-state index in [4.69, 9.17) is 11.0 Å². The summed E-state index contributed by atoms with van der Waals surface area (Å²) < 4.78 is 0. The second-order valence-corrected chi connectivity index (χ2v) is 4.89. The summed E-state index contributed by atoms with van der Waals surface area (Å²) in [6.45, 7) is 3.88. The van der Waals surface area contributed by atoms with Gasteiger partial charge >= 0.3 is 0 Å². The van der Waals surface area contributed by atoms with Crippen LogP contribution in [0.15, 0.2) is 24.3 Å². The number of nitrogens with one attached hydrogen (secondary N) is 1. The van der Waals surface area contributed by atoms with E-state index in [1.54, 1.807) is 12.1 Å². The molecule has 0 saturated carbocycles. The lowest BCUT2D eigenvalue weighted by Crippen LogP contribution is -2.26. The van der Waals surface area contributed by atoms with Crippen molar-refractivity contribution in [1.82, 2.24) is 5.32 Å². The van der Waals surface area contributed by atoms with Crippen LogP contribution in [-0.4, -0.2) is 11.9 Å². The van der Waals surface area contributed by atoms with Gasteiger partial charge in [0.05, 0.1) is 17.7 Å². The minimum atomic E-state index is -0.0458. The molecule has 102 valence electrons. The minimum Gasteiger partial charge on any atom is -0.350 e. The molecule has 2 unspecified atom stereocenters. The summed E-state index contributed by atoms with van der Waals surface area (Å²) in [5, 5.41) is 11.7. The van der Waals surface area contributed by atoms with Gasteiger partial charge in [-0.05, 0) is 44.4 Å². The van der Waals surface area contributed by atoms with Gasteiger partial charge in [0.2, 0.25) is 5.91 Å². The Morgan fingerprint density at radius 1 is 1.37 bits per heavy atom. The van der Waals surface area contributed by atoms with Crippen molar-refractivity contribution in [3.05, 3.63) is 35.4 Å². The molecular weight excluding hydrogens is 238 g/mol. The molecule has 19 heavy (non-hydrogen) atoms. The average molecular weight is 259 g/mol. The summed E-state index contributed by atoms with van der Waals surface area (Å²) in [5.41, 5.74) is 7.26. The molecule has 0 heterocycles. The molecule has 0 aliphatic carbocycles. The first-order valence-electron chi connectivity index (χ1n) is 6.58. The molecule has 1 aromatic rings. The van der Waals surface area contributed by atoms with Gasteiger partial charge < -0.3 is 11.1 Å². The summed E-state index contributed by atoms with van der Waals surface area (Å²) in [6, 6.07) is 9.42. The molecule has 0 bridgehead atoms. The average Bonchev–Trinajstić information content (AvgIpc) is 2.38. The number of nitriles is 1. The maximum Gasteiger partial charge on any atom is 0.220 e. The number of nitrogens with zero attached hydrogens (tertiary/aromatic N) is 1. The number of benzene rings is 1. The zero-order chi connectivity index (χ0) is 14.3. The van der Waals surface area contributed by atoms with E-state index < -0.39 is 0 Å². The molecule has 4 heteroatoms. The van der Waals surface area contributed by atoms with Crippen LogP contribution in [-0.2, 0) is 4.79 Å². The largest absolute Gasteiger partial charge is 0.350 e. The molecule has 0 radical (unpaired) electrons. The number of hydrogen-bond acceptors (Lipinski definition) is 3. The van der Waals surface area contributed by atoms with Crippen molar-refractivity contribution in [2.75, 3.05) is 0 Å². The van der Waals surface area contributed by atoms with Crippen LogP contribution in [0.25, 0.3) is 0 Å². The summed E-state index contributed by atoms with van der Waals surface area (Å²) in [7, 11) is 0. The first kappa shape index (κ1) is 15.2. The number of carbonyl (C=O) groups is 1. The predicted octanol–water partition coefficient (Wildman–Crippen LogP) is 2.25. The highest BCUT2D eigenvalue weighted by Crippen LogP contribution is 2.13. The highest BCUT2D eigenvalue weighted by molar-refractivity contribution is 5.76. The highest BCUT2D eigenvalue weighted by atomic mass is 16.1. The minimum absolute atomic E-state index is 0.0394. The summed E-state index contributed by atoms with van der Waals surface area (Å²) >= 11 is 0. The number of carbonyl (C=O) groups excluding carboxylic acids is 1. The summed E-state index contributed by atoms with van der Waals surface area (Å²) in [4.78, 5) is 11.7. The van der Waals surface area contributed by atoms with E-state index in [0.29, 0.717) is 12.0 Å². The Bertz CT molecular complexity index is 445. The normalized spacial score (nSPS) is 13.4. The van der Waals surface area contributed by atoms with E-state index in [2.05, 4.69) is 11.4 Å². The predicted molar refractivity (Wildman–Crippen MR) is 75.2 cm³/mol. The highest BCUT2D eigenvalue weighted by Gasteiger charge is 2.09. The van der Waals surface area contributed by atoms with E-state index >= 15 is 0 Å². The van der Waals surface area contributed by atoms with E-state index in [0.717, 1.165) is 18.4 Å². The Morgan fingerprint density at radius 2 is 2.00 bits per heavy atom. The Labute approximate surface area is 114 Å². The Balaban J connectivity index is 2.43. The van der Waals surface area contributed by atoms with E-state index in [-0.39, 0.29) is 18.0 Å². The molecule has 0 aliphatic rings. The lowest BCUT2D eigenvalue weighted by Gasteiger charge is -2.14. The Hall–Kier alpha value is -1.86. The third kappa shape index (κ3) is 5.54. The fraction of sp³-hybridized carbons (Fsp3) is 0.467. The van der Waals surface area contributed by atoms with Crippen LogP contribution in [0.5, 0.6) is 0 Å². The van der Waals surface area contributed by atoms with Crippen LogP contribution in [0.1, 0.15) is 50.3 Å². The van der Waals surface area contributed by atoms with Gasteiger partial charge in [-0.1, -0.05) is 12.1 Å². The van der Waals surface area contributed by atoms with Gasteiger partial charge in [0.25, 0.3) is 0 Å². The summed E-state index contributed by atoms with van der Waals surface area (Å²) in [5.74, 6) is 0.0394. The van der Waals surface area contributed by atoms with Crippen LogP contribution in [0.4, 0.5) is 0 Å². The zero-order valence-electron chi connectivity index (χ0n) is 11.5. The van der Waals surface area contributed by atoms with Crippen molar-refractivity contribution < 1.29 is 4.79 Å². The van der Waals surface area contributed by atoms with Crippen LogP contribution in [0, 0.1) is 11.3 Å². The SMILES string of the molecule is CC(N)CCCC(=O)NC(C)c1ccc(C#N)cc1. The topological polar surface area (TPSA) is 78.9 Å². The third-order valence-corrected chi connectivity index (χ3v) is 2.98. The number of hydrogen-bond donors (Lipinski definition) is 2. The maximum absolute atomic E-state index is 11.7. The van der Waals surface area contributed by atoms with Crippen molar-refractivity contribution in [3.63, 3.8) is 0 Å². The van der Waals surface area contributed by atoms with E-state index in [1.807, 2.05) is 26.0 Å². The van der Waals surface area contributed by atoms with Crippen molar-refractivity contribution in [2.45, 2.75) is 45.2 Å². The lowest BCUT2D eigenvalue weighted by molar-refractivity contribution is -0.121. The fourth-order valence-corrected chi connectivity index (χ4v) is 1.83. The molecule has 0 spiro atoms. The van der Waals surface area contributed by atoms with E-state index in [9.17, 15) is 4.79 Å². The van der Waals surface area contributed by atoms with Crippen LogP contribution in [0.3, 0.4) is 0 Å². The third-order valence-electron chi connectivity index (χ3n) is 2.98. The monoisotopic (exact) mass is 259 g/mol. The number of nitrogens with two attached hydrogens (primary N) is 1. The molecule has 1 rings (SSSR count). The number of rotatable bonds is 6. The molecule has 0 aliphatic heterocycles. The van der Waals surface area contributed by atoms with Crippen LogP contribution >= 0.6 is 0 Å². The van der Waals surface area contributed by atoms with Crippen LogP contribution in [0.2, 0.25) is 0 Å². The molecule has 1 aromatic carbocycles. The second kappa shape index (κ2) is 7.55. The van der Waals surface area contributed by atoms with Gasteiger partial charge in [0.15, 0.2) is 0 Å². The van der Waals surface area contributed by atoms with Gasteiger partial charge in [-0.15, -0.1) is 0 Å². The van der Waals surface area contributed by atoms with Gasteiger partial charge in [-0.3, -0.25) is 4.79 Å². The van der Waals surface area contributed by atoms with Crippen molar-refractivity contribution in [3.8, 4) is 6.07 Å². The van der Waals surface area contributed by atoms with E-state index in [1.165, 1.54) is 0 Å². The molecule has 1 amide bonds. The van der Waals surface area contributed by atoms with Crippen molar-refractivity contribution in [2.24, 2.45) is 5.73 Å². The van der Waals surface area contributed by atoms with Crippen LogP contribution < -0.4 is 11.1 Å². The molecule has 3 N–H and O–H groups in total. The molecule has 2 atom stereocenters. The maximum atomic E-state index is 11.7. The molecule has 4 nitrogen and oxygen atoms in total. The molecule has 0 fully saturated rings. The first-order chi connectivity index (χ1) is 9.02. The van der Waals surface area contributed by atoms with Crippen molar-refractivity contribution >= 4 is 5.91 Å². The Kier molecular flexibility index (Phi) is 6.04. The lowest BCUT2D eigenvalue weighted by atomic mass is 10.1. The standard InChI is InChI=1S/C15H21N3O/c1-11(17)4-3-5-15(19)18-12(2)14-8-6-13(10-16)7-9-14/h6-9,11-12H,3-5,17H2,1-2H3,(H,18,19). The second-order valence-electron chi connectivity index (χ2n) is 4.89. The molecule has 0 saturated heterocycles. The smallest absolute Gasteiger partial charge is 0.220 e. The fourth-order valence-electron chi connectivity index (χ4n) is 1.83. The van der Waals surface area contributed by atoms with Gasteiger partial charge in [-0.25, -0.2) is 0 Å². The van der Waals surface area contributed by atoms with Gasteiger partial charge in [0.1, 0.15) is 0 Å². The molecule has 0 aromatic heterocycles. The van der Waals surface area contributed by atoms with Gasteiger partial charge in [0, 0.05) is 12.5 Å².